The number of carbonyl (C=O) groups is 1. The van der Waals surface area contributed by atoms with Crippen molar-refractivity contribution >= 4 is 45.0 Å². The van der Waals surface area contributed by atoms with Crippen LogP contribution in [0.2, 0.25) is 0 Å². The standard InChI is InChI=1S/C25H31N7O2S/c1-16-14-26-25(35-16)30-23-20-4-2-3-5-21(20)28-24(29-23)27-17-12-18-6-7-19(13-17)32(18)22(33)15-31-8-10-34-11-9-31/h2-5,14,17-19H,6-13,15H2,1H3,(H2,26,27,28,29,30)/t17?,18-,19+. The van der Waals surface area contributed by atoms with E-state index >= 15 is 0 Å². The van der Waals surface area contributed by atoms with Gasteiger partial charge in [0.2, 0.25) is 11.9 Å². The van der Waals surface area contributed by atoms with Crippen molar-refractivity contribution in [3.8, 4) is 0 Å². The van der Waals surface area contributed by atoms with Gasteiger partial charge in [-0.15, -0.1) is 11.3 Å². The molecule has 6 rings (SSSR count). The van der Waals surface area contributed by atoms with Gasteiger partial charge in [0, 0.05) is 47.7 Å². The van der Waals surface area contributed by atoms with E-state index in [2.05, 4.69) is 25.4 Å². The predicted molar refractivity (Wildman–Crippen MR) is 137 cm³/mol. The molecule has 3 aromatic rings. The number of benzene rings is 1. The van der Waals surface area contributed by atoms with Crippen molar-refractivity contribution in [2.24, 2.45) is 0 Å². The number of fused-ring (bicyclic) bond motifs is 3. The predicted octanol–water partition coefficient (Wildman–Crippen LogP) is 3.40. The normalized spacial score (nSPS) is 24.6. The molecule has 0 saturated carbocycles. The molecule has 0 aliphatic carbocycles. The molecule has 3 atom stereocenters. The zero-order chi connectivity index (χ0) is 23.8. The Hall–Kier alpha value is -2.82. The fourth-order valence-corrected chi connectivity index (χ4v) is 6.33. The van der Waals surface area contributed by atoms with Crippen LogP contribution in [0, 0.1) is 6.92 Å². The first-order valence-corrected chi connectivity index (χ1v) is 13.3. The van der Waals surface area contributed by atoms with Gasteiger partial charge in [0.05, 0.1) is 25.3 Å². The molecule has 3 fully saturated rings. The first kappa shape index (κ1) is 22.6. The Balaban J connectivity index is 1.16. The summed E-state index contributed by atoms with van der Waals surface area (Å²) < 4.78 is 5.43. The van der Waals surface area contributed by atoms with Crippen molar-refractivity contribution in [2.45, 2.75) is 50.7 Å². The van der Waals surface area contributed by atoms with E-state index in [4.69, 9.17) is 14.7 Å². The summed E-state index contributed by atoms with van der Waals surface area (Å²) in [7, 11) is 0. The van der Waals surface area contributed by atoms with E-state index in [0.29, 0.717) is 12.5 Å². The Morgan fingerprint density at radius 1 is 1.14 bits per heavy atom. The highest BCUT2D eigenvalue weighted by Gasteiger charge is 2.43. The number of hydrogen-bond donors (Lipinski definition) is 2. The number of anilines is 3. The van der Waals surface area contributed by atoms with E-state index in [1.54, 1.807) is 11.3 Å². The van der Waals surface area contributed by atoms with Crippen LogP contribution in [0.4, 0.5) is 16.9 Å². The van der Waals surface area contributed by atoms with Crippen LogP contribution in [0.25, 0.3) is 10.9 Å². The van der Waals surface area contributed by atoms with Gasteiger partial charge in [0.1, 0.15) is 5.82 Å². The maximum absolute atomic E-state index is 13.1. The van der Waals surface area contributed by atoms with Crippen LogP contribution in [0.15, 0.2) is 30.5 Å². The summed E-state index contributed by atoms with van der Waals surface area (Å²) in [6, 6.07) is 8.86. The van der Waals surface area contributed by atoms with E-state index in [9.17, 15) is 4.79 Å². The summed E-state index contributed by atoms with van der Waals surface area (Å²) in [6.07, 6.45) is 5.87. The zero-order valence-electron chi connectivity index (χ0n) is 19.9. The van der Waals surface area contributed by atoms with Crippen LogP contribution in [0.5, 0.6) is 0 Å². The SMILES string of the molecule is Cc1cnc(Nc2nc(NC3C[C@H]4CC[C@@H](C3)N4C(=O)CN3CCOCC3)nc3ccccc23)s1. The van der Waals surface area contributed by atoms with Crippen molar-refractivity contribution in [3.05, 3.63) is 35.3 Å². The Bertz CT molecular complexity index is 1200. The molecule has 5 heterocycles. The van der Waals surface area contributed by atoms with E-state index in [0.717, 1.165) is 78.7 Å². The van der Waals surface area contributed by atoms with Crippen molar-refractivity contribution in [1.29, 1.82) is 0 Å². The number of hydrogen-bond acceptors (Lipinski definition) is 9. The number of amides is 1. The number of piperidine rings is 1. The second-order valence-electron chi connectivity index (χ2n) is 9.70. The number of thiazole rings is 1. The quantitative estimate of drug-likeness (QED) is 0.540. The maximum Gasteiger partial charge on any atom is 0.237 e. The molecule has 184 valence electrons. The number of nitrogens with one attached hydrogen (secondary N) is 2. The highest BCUT2D eigenvalue weighted by Crippen LogP contribution is 2.37. The number of morpholine rings is 1. The van der Waals surface area contributed by atoms with Crippen LogP contribution in [0.1, 0.15) is 30.6 Å². The first-order valence-electron chi connectivity index (χ1n) is 12.5. The van der Waals surface area contributed by atoms with Crippen molar-refractivity contribution < 1.29 is 9.53 Å². The Kier molecular flexibility index (Phi) is 6.26. The highest BCUT2D eigenvalue weighted by molar-refractivity contribution is 7.15. The summed E-state index contributed by atoms with van der Waals surface area (Å²) in [5.41, 5.74) is 0.891. The third kappa shape index (κ3) is 4.82. The molecule has 2 aromatic heterocycles. The number of ether oxygens (including phenoxy) is 1. The van der Waals surface area contributed by atoms with Crippen LogP contribution in [-0.2, 0) is 9.53 Å². The number of nitrogens with zero attached hydrogens (tertiary/aromatic N) is 5. The Morgan fingerprint density at radius 2 is 1.91 bits per heavy atom. The van der Waals surface area contributed by atoms with Gasteiger partial charge in [-0.25, -0.2) is 9.97 Å². The lowest BCUT2D eigenvalue weighted by Gasteiger charge is -2.40. The molecule has 1 aromatic carbocycles. The maximum atomic E-state index is 13.1. The molecular formula is C25H31N7O2S. The molecule has 1 unspecified atom stereocenters. The number of rotatable bonds is 6. The fraction of sp³-hybridized carbons (Fsp3) is 0.520. The molecule has 0 spiro atoms. The van der Waals surface area contributed by atoms with Gasteiger partial charge in [-0.05, 0) is 44.7 Å². The van der Waals surface area contributed by atoms with Gasteiger partial charge in [-0.1, -0.05) is 12.1 Å². The molecule has 3 saturated heterocycles. The minimum Gasteiger partial charge on any atom is -0.379 e. The molecule has 9 nitrogen and oxygen atoms in total. The highest BCUT2D eigenvalue weighted by atomic mass is 32.1. The van der Waals surface area contributed by atoms with Gasteiger partial charge in [0.25, 0.3) is 0 Å². The lowest BCUT2D eigenvalue weighted by Crippen LogP contribution is -2.53. The summed E-state index contributed by atoms with van der Waals surface area (Å²) in [4.78, 5) is 32.8. The molecule has 0 radical (unpaired) electrons. The zero-order valence-corrected chi connectivity index (χ0v) is 20.8. The molecule has 35 heavy (non-hydrogen) atoms. The van der Waals surface area contributed by atoms with Gasteiger partial charge < -0.3 is 20.3 Å². The summed E-state index contributed by atoms with van der Waals surface area (Å²) in [5, 5.41) is 8.78. The summed E-state index contributed by atoms with van der Waals surface area (Å²) >= 11 is 1.61. The molecule has 3 aliphatic rings. The average Bonchev–Trinajstić information content (AvgIpc) is 3.39. The van der Waals surface area contributed by atoms with E-state index in [1.165, 1.54) is 0 Å². The number of aryl methyl sites for hydroxylation is 1. The molecule has 10 heteroatoms. The Morgan fingerprint density at radius 3 is 2.66 bits per heavy atom. The first-order chi connectivity index (χ1) is 17.1. The Labute approximate surface area is 208 Å². The minimum absolute atomic E-state index is 0.246. The van der Waals surface area contributed by atoms with Crippen LogP contribution in [0.3, 0.4) is 0 Å². The van der Waals surface area contributed by atoms with E-state index in [-0.39, 0.29) is 24.0 Å². The lowest BCUT2D eigenvalue weighted by molar-refractivity contribution is -0.137. The van der Waals surface area contributed by atoms with Crippen LogP contribution in [-0.4, -0.2) is 81.6 Å². The van der Waals surface area contributed by atoms with Gasteiger partial charge >= 0.3 is 0 Å². The monoisotopic (exact) mass is 493 g/mol. The van der Waals surface area contributed by atoms with E-state index < -0.39 is 0 Å². The average molecular weight is 494 g/mol. The number of para-hydroxylation sites is 1. The minimum atomic E-state index is 0.246. The summed E-state index contributed by atoms with van der Waals surface area (Å²) in [5.74, 6) is 1.65. The molecule has 1 amide bonds. The number of carbonyl (C=O) groups excluding carboxylic acids is 1. The lowest BCUT2D eigenvalue weighted by atomic mass is 9.97. The fourth-order valence-electron chi connectivity index (χ4n) is 5.67. The van der Waals surface area contributed by atoms with Gasteiger partial charge in [-0.3, -0.25) is 9.69 Å². The van der Waals surface area contributed by atoms with Crippen LogP contribution >= 0.6 is 11.3 Å². The smallest absolute Gasteiger partial charge is 0.237 e. The summed E-state index contributed by atoms with van der Waals surface area (Å²) in [6.45, 7) is 5.67. The van der Waals surface area contributed by atoms with Crippen LogP contribution < -0.4 is 10.6 Å². The number of aromatic nitrogens is 3. The molecule has 3 aliphatic heterocycles. The topological polar surface area (TPSA) is 95.5 Å². The second kappa shape index (κ2) is 9.67. The van der Waals surface area contributed by atoms with Crippen molar-refractivity contribution in [1.82, 2.24) is 24.8 Å². The third-order valence-electron chi connectivity index (χ3n) is 7.27. The molecule has 2 N–H and O–H groups in total. The van der Waals surface area contributed by atoms with Crippen molar-refractivity contribution in [3.63, 3.8) is 0 Å². The molecule has 2 bridgehead atoms. The van der Waals surface area contributed by atoms with E-state index in [1.807, 2.05) is 37.4 Å². The van der Waals surface area contributed by atoms with Crippen molar-refractivity contribution in [2.75, 3.05) is 43.5 Å². The largest absolute Gasteiger partial charge is 0.379 e. The van der Waals surface area contributed by atoms with Gasteiger partial charge in [0.15, 0.2) is 5.13 Å². The molecular weight excluding hydrogens is 462 g/mol. The third-order valence-corrected chi connectivity index (χ3v) is 8.09. The second-order valence-corrected chi connectivity index (χ2v) is 10.9. The van der Waals surface area contributed by atoms with Gasteiger partial charge in [-0.2, -0.15) is 4.98 Å².